The second-order valence-electron chi connectivity index (χ2n) is 5.03. The molecule has 0 N–H and O–H groups in total. The molecule has 0 spiro atoms. The zero-order chi connectivity index (χ0) is 14.0. The van der Waals surface area contributed by atoms with Crippen molar-refractivity contribution in [2.24, 2.45) is 0 Å². The zero-order valence-corrected chi connectivity index (χ0v) is 10.9. The summed E-state index contributed by atoms with van der Waals surface area (Å²) in [6.07, 6.45) is -1.14. The first-order valence-corrected chi connectivity index (χ1v) is 6.21. The summed E-state index contributed by atoms with van der Waals surface area (Å²) in [4.78, 5) is 1.70. The van der Waals surface area contributed by atoms with Crippen LogP contribution in [0.15, 0.2) is 24.3 Å². The van der Waals surface area contributed by atoms with E-state index in [9.17, 15) is 8.78 Å². The van der Waals surface area contributed by atoms with Crippen LogP contribution in [0, 0.1) is 11.3 Å². The van der Waals surface area contributed by atoms with Crippen molar-refractivity contribution in [1.29, 1.82) is 5.26 Å². The van der Waals surface area contributed by atoms with Crippen molar-refractivity contribution in [3.05, 3.63) is 29.8 Å². The first kappa shape index (κ1) is 13.8. The van der Waals surface area contributed by atoms with E-state index in [1.807, 2.05) is 19.9 Å². The van der Waals surface area contributed by atoms with E-state index < -0.39 is 12.0 Å². The van der Waals surface area contributed by atoms with E-state index in [1.165, 1.54) is 0 Å². The molecule has 0 amide bonds. The van der Waals surface area contributed by atoms with Crippen molar-refractivity contribution in [2.45, 2.75) is 31.9 Å². The van der Waals surface area contributed by atoms with Gasteiger partial charge in [0.05, 0.1) is 18.2 Å². The smallest absolute Gasteiger partial charge is 0.297 e. The van der Waals surface area contributed by atoms with E-state index in [1.54, 1.807) is 29.2 Å². The van der Waals surface area contributed by atoms with Gasteiger partial charge in [-0.05, 0) is 38.1 Å². The minimum atomic E-state index is -2.85. The highest BCUT2D eigenvalue weighted by Gasteiger charge is 2.50. The third-order valence-electron chi connectivity index (χ3n) is 3.28. The fourth-order valence-electron chi connectivity index (χ4n) is 2.07. The Bertz CT molecular complexity index is 479. The monoisotopic (exact) mass is 266 g/mol. The molecule has 1 aliphatic rings. The maximum Gasteiger partial charge on any atom is 0.297 e. The minimum Gasteiger partial charge on any atom is -0.483 e. The lowest BCUT2D eigenvalue weighted by atomic mass is 10.2. The van der Waals surface area contributed by atoms with Gasteiger partial charge in [0.2, 0.25) is 0 Å². The lowest BCUT2D eigenvalue weighted by molar-refractivity contribution is -0.0624. The quantitative estimate of drug-likeness (QED) is 0.844. The van der Waals surface area contributed by atoms with Crippen LogP contribution in [0.4, 0.5) is 8.78 Å². The molecule has 1 aromatic carbocycles. The maximum absolute atomic E-state index is 13.8. The van der Waals surface area contributed by atoms with Gasteiger partial charge in [0.1, 0.15) is 5.75 Å². The first-order valence-electron chi connectivity index (χ1n) is 6.21. The number of nitrogens with zero attached hydrogens (tertiary/aromatic N) is 2. The number of nitriles is 1. The molecular formula is C14H16F2N2O. The molecule has 0 aliphatic carbocycles. The van der Waals surface area contributed by atoms with E-state index in [0.717, 1.165) is 0 Å². The van der Waals surface area contributed by atoms with Crippen LogP contribution in [0.5, 0.6) is 5.75 Å². The van der Waals surface area contributed by atoms with Crippen molar-refractivity contribution in [2.75, 3.05) is 13.1 Å². The average molecular weight is 266 g/mol. The highest BCUT2D eigenvalue weighted by molar-refractivity contribution is 5.34. The largest absolute Gasteiger partial charge is 0.483 e. The van der Waals surface area contributed by atoms with E-state index in [4.69, 9.17) is 10.00 Å². The molecule has 1 heterocycles. The Morgan fingerprint density at radius 2 is 2.00 bits per heavy atom. The summed E-state index contributed by atoms with van der Waals surface area (Å²) in [6, 6.07) is 8.26. The van der Waals surface area contributed by atoms with Crippen LogP contribution in [-0.4, -0.2) is 36.1 Å². The number of halogens is 2. The van der Waals surface area contributed by atoms with Gasteiger partial charge in [-0.1, -0.05) is 0 Å². The van der Waals surface area contributed by atoms with Crippen molar-refractivity contribution in [3.63, 3.8) is 0 Å². The summed E-state index contributed by atoms with van der Waals surface area (Å²) in [7, 11) is 0. The topological polar surface area (TPSA) is 36.3 Å². The summed E-state index contributed by atoms with van der Waals surface area (Å²) in [5.41, 5.74) is 0.481. The number of rotatable bonds is 3. The Labute approximate surface area is 111 Å². The third-order valence-corrected chi connectivity index (χ3v) is 3.28. The van der Waals surface area contributed by atoms with E-state index in [0.29, 0.717) is 11.3 Å². The van der Waals surface area contributed by atoms with Crippen LogP contribution in [0.3, 0.4) is 0 Å². The Kier molecular flexibility index (Phi) is 3.72. The van der Waals surface area contributed by atoms with Crippen LogP contribution in [0.2, 0.25) is 0 Å². The summed E-state index contributed by atoms with van der Waals surface area (Å²) in [6.45, 7) is 3.72. The predicted octanol–water partition coefficient (Wildman–Crippen LogP) is 2.66. The molecule has 0 saturated carbocycles. The third kappa shape index (κ3) is 3.02. The van der Waals surface area contributed by atoms with Gasteiger partial charge in [-0.25, -0.2) is 8.78 Å². The van der Waals surface area contributed by atoms with Crippen LogP contribution in [-0.2, 0) is 0 Å². The molecule has 0 bridgehead atoms. The van der Waals surface area contributed by atoms with Crippen LogP contribution in [0.25, 0.3) is 0 Å². The second-order valence-corrected chi connectivity index (χ2v) is 5.03. The lowest BCUT2D eigenvalue weighted by Gasteiger charge is -2.19. The molecule has 1 aliphatic heterocycles. The molecule has 5 heteroatoms. The number of hydrogen-bond donors (Lipinski definition) is 0. The van der Waals surface area contributed by atoms with Crippen molar-refractivity contribution < 1.29 is 13.5 Å². The molecule has 3 nitrogen and oxygen atoms in total. The standard InChI is InChI=1S/C14H16F2N2O/c1-10(2)18-8-13(14(15,16)9-18)19-12-5-3-11(7-17)4-6-12/h3-6,10,13H,8-9H2,1-2H3. The molecule has 2 rings (SSSR count). The molecular weight excluding hydrogens is 250 g/mol. The molecule has 1 fully saturated rings. The highest BCUT2D eigenvalue weighted by atomic mass is 19.3. The van der Waals surface area contributed by atoms with Crippen molar-refractivity contribution >= 4 is 0 Å². The number of benzene rings is 1. The Balaban J connectivity index is 2.07. The minimum absolute atomic E-state index is 0.0699. The SMILES string of the molecule is CC(C)N1CC(Oc2ccc(C#N)cc2)C(F)(F)C1. The molecule has 1 aromatic rings. The maximum atomic E-state index is 13.8. The van der Waals surface area contributed by atoms with Gasteiger partial charge in [0.25, 0.3) is 5.92 Å². The first-order chi connectivity index (χ1) is 8.92. The number of likely N-dealkylation sites (tertiary alicyclic amines) is 1. The molecule has 1 unspecified atom stereocenters. The Morgan fingerprint density at radius 3 is 2.47 bits per heavy atom. The molecule has 1 atom stereocenters. The Hall–Kier alpha value is -1.67. The summed E-state index contributed by atoms with van der Waals surface area (Å²) in [5.74, 6) is -2.48. The Morgan fingerprint density at radius 1 is 1.37 bits per heavy atom. The van der Waals surface area contributed by atoms with Crippen LogP contribution in [0.1, 0.15) is 19.4 Å². The van der Waals surface area contributed by atoms with E-state index in [-0.39, 0.29) is 19.1 Å². The van der Waals surface area contributed by atoms with Gasteiger partial charge in [-0.3, -0.25) is 4.90 Å². The van der Waals surface area contributed by atoms with Gasteiger partial charge in [-0.2, -0.15) is 5.26 Å². The van der Waals surface area contributed by atoms with Crippen LogP contribution < -0.4 is 4.74 Å². The number of hydrogen-bond acceptors (Lipinski definition) is 3. The fourth-order valence-corrected chi connectivity index (χ4v) is 2.07. The van der Waals surface area contributed by atoms with Gasteiger partial charge in [0.15, 0.2) is 6.10 Å². The molecule has 0 radical (unpaired) electrons. The number of alkyl halides is 2. The van der Waals surface area contributed by atoms with Crippen LogP contribution >= 0.6 is 0 Å². The number of ether oxygens (including phenoxy) is 1. The highest BCUT2D eigenvalue weighted by Crippen LogP contribution is 2.32. The van der Waals surface area contributed by atoms with E-state index in [2.05, 4.69) is 0 Å². The lowest BCUT2D eigenvalue weighted by Crippen LogP contribution is -2.36. The van der Waals surface area contributed by atoms with Gasteiger partial charge < -0.3 is 4.74 Å². The summed E-state index contributed by atoms with van der Waals surface area (Å²) in [5, 5.41) is 8.67. The normalized spacial score (nSPS) is 22.4. The fraction of sp³-hybridized carbons (Fsp3) is 0.500. The molecule has 0 aromatic heterocycles. The van der Waals surface area contributed by atoms with Crippen molar-refractivity contribution in [3.8, 4) is 11.8 Å². The van der Waals surface area contributed by atoms with Gasteiger partial charge in [0, 0.05) is 12.6 Å². The van der Waals surface area contributed by atoms with Gasteiger partial charge in [-0.15, -0.1) is 0 Å². The molecule has 102 valence electrons. The zero-order valence-electron chi connectivity index (χ0n) is 10.9. The summed E-state index contributed by atoms with van der Waals surface area (Å²) >= 11 is 0. The molecule has 1 saturated heterocycles. The predicted molar refractivity (Wildman–Crippen MR) is 67.2 cm³/mol. The second kappa shape index (κ2) is 5.14. The molecule has 19 heavy (non-hydrogen) atoms. The van der Waals surface area contributed by atoms with Crippen molar-refractivity contribution in [1.82, 2.24) is 4.90 Å². The van der Waals surface area contributed by atoms with Gasteiger partial charge >= 0.3 is 0 Å². The summed E-state index contributed by atoms with van der Waals surface area (Å²) < 4.78 is 33.0. The average Bonchev–Trinajstić information content (AvgIpc) is 2.66. The van der Waals surface area contributed by atoms with E-state index >= 15 is 0 Å².